The molecule has 1 aromatic heterocycles. The normalized spacial score (nSPS) is 15.8. The molecule has 0 saturated carbocycles. The van der Waals surface area contributed by atoms with Crippen molar-refractivity contribution in [3.8, 4) is 34.4 Å². The second-order valence-corrected chi connectivity index (χ2v) is 15.3. The first-order chi connectivity index (χ1) is 29.1. The van der Waals surface area contributed by atoms with E-state index in [1.54, 1.807) is 42.5 Å². The number of hydrogen-bond donors (Lipinski definition) is 2. The summed E-state index contributed by atoms with van der Waals surface area (Å²) in [4.78, 5) is 46.3. The summed E-state index contributed by atoms with van der Waals surface area (Å²) in [6.07, 6.45) is 1.20. The number of carbonyl (C=O) groups excluding carboxylic acids is 2. The van der Waals surface area contributed by atoms with E-state index in [1.165, 1.54) is 11.1 Å². The largest absolute Gasteiger partial charge is 0.489 e. The minimum atomic E-state index is -1.27. The second kappa shape index (κ2) is 17.5. The average molecular weight is 840 g/mol. The first-order valence-corrected chi connectivity index (χ1v) is 19.8. The van der Waals surface area contributed by atoms with E-state index in [2.05, 4.69) is 16.4 Å². The van der Waals surface area contributed by atoms with E-state index in [0.717, 1.165) is 33.4 Å². The van der Waals surface area contributed by atoms with E-state index in [9.17, 15) is 19.5 Å². The number of benzene rings is 5. The highest BCUT2D eigenvalue weighted by Crippen LogP contribution is 2.41. The van der Waals surface area contributed by atoms with Gasteiger partial charge in [0.25, 0.3) is 5.91 Å². The number of ether oxygens (including phenoxy) is 3. The number of pyridine rings is 1. The Kier molecular flexibility index (Phi) is 11.7. The van der Waals surface area contributed by atoms with Gasteiger partial charge in [-0.1, -0.05) is 83.9 Å². The third kappa shape index (κ3) is 8.90. The Balaban J connectivity index is 0.974. The maximum atomic E-state index is 14.1. The van der Waals surface area contributed by atoms with Crippen molar-refractivity contribution in [1.82, 2.24) is 15.2 Å². The van der Waals surface area contributed by atoms with E-state index < -0.39 is 36.0 Å². The Morgan fingerprint density at radius 2 is 1.58 bits per heavy atom. The first kappa shape index (κ1) is 39.9. The van der Waals surface area contributed by atoms with Crippen LogP contribution in [-0.4, -0.2) is 51.5 Å². The monoisotopic (exact) mass is 838 g/mol. The van der Waals surface area contributed by atoms with Gasteiger partial charge in [0.15, 0.2) is 17.6 Å². The van der Waals surface area contributed by atoms with Gasteiger partial charge in [-0.2, -0.15) is 5.26 Å². The average Bonchev–Trinajstić information content (AvgIpc) is 3.28. The zero-order valence-corrected chi connectivity index (χ0v) is 33.4. The molecule has 3 atom stereocenters. The number of aliphatic carboxylic acids is 1. The van der Waals surface area contributed by atoms with Crippen LogP contribution in [-0.2, 0) is 35.6 Å². The van der Waals surface area contributed by atoms with Crippen molar-refractivity contribution in [2.75, 3.05) is 6.61 Å². The second-order valence-electron chi connectivity index (χ2n) is 14.4. The third-order valence-electron chi connectivity index (χ3n) is 10.5. The summed E-state index contributed by atoms with van der Waals surface area (Å²) in [5.74, 6) is -0.626. The number of carbonyl (C=O) groups is 3. The fraction of sp³-hybridized carbons (Fsp3) is 0.170. The number of nitriles is 1. The van der Waals surface area contributed by atoms with Crippen LogP contribution in [0, 0.1) is 11.3 Å². The van der Waals surface area contributed by atoms with Crippen molar-refractivity contribution in [3.05, 3.63) is 177 Å². The van der Waals surface area contributed by atoms with Crippen LogP contribution in [0.5, 0.6) is 17.2 Å². The third-order valence-corrected chi connectivity index (χ3v) is 11.2. The van der Waals surface area contributed by atoms with Crippen molar-refractivity contribution in [2.24, 2.45) is 0 Å². The van der Waals surface area contributed by atoms with Gasteiger partial charge in [0, 0.05) is 25.6 Å². The lowest BCUT2D eigenvalue weighted by molar-refractivity contribution is -0.142. The van der Waals surface area contributed by atoms with Gasteiger partial charge in [0.05, 0.1) is 21.7 Å². The number of aromatic nitrogens is 1. The fourth-order valence-electron chi connectivity index (χ4n) is 7.25. The van der Waals surface area contributed by atoms with E-state index in [0.29, 0.717) is 45.0 Å². The van der Waals surface area contributed by atoms with Gasteiger partial charge in [-0.05, 0) is 99.6 Å². The molecule has 11 nitrogen and oxygen atoms in total. The summed E-state index contributed by atoms with van der Waals surface area (Å²) >= 11 is 12.2. The number of amides is 2. The molecule has 0 bridgehead atoms. The van der Waals surface area contributed by atoms with Crippen LogP contribution in [0.4, 0.5) is 0 Å². The number of halogens is 2. The van der Waals surface area contributed by atoms with Gasteiger partial charge in [-0.3, -0.25) is 14.6 Å². The van der Waals surface area contributed by atoms with Crippen molar-refractivity contribution in [2.45, 2.75) is 44.2 Å². The summed E-state index contributed by atoms with van der Waals surface area (Å²) in [5, 5.41) is 23.0. The fourth-order valence-corrected chi connectivity index (χ4v) is 7.57. The van der Waals surface area contributed by atoms with Gasteiger partial charge in [0.1, 0.15) is 36.7 Å². The predicted octanol–water partition coefficient (Wildman–Crippen LogP) is 8.40. The van der Waals surface area contributed by atoms with Gasteiger partial charge in [0.2, 0.25) is 5.91 Å². The Morgan fingerprint density at radius 3 is 2.27 bits per heavy atom. The molecule has 0 fully saturated rings. The lowest BCUT2D eigenvalue weighted by atomic mass is 9.91. The van der Waals surface area contributed by atoms with Gasteiger partial charge < -0.3 is 29.5 Å². The Hall–Kier alpha value is -6.87. The molecule has 2 aliphatic heterocycles. The molecular weight excluding hydrogens is 803 g/mol. The summed E-state index contributed by atoms with van der Waals surface area (Å²) < 4.78 is 18.6. The highest BCUT2D eigenvalue weighted by Gasteiger charge is 2.38. The molecule has 1 unspecified atom stereocenters. The number of rotatable bonds is 11. The van der Waals surface area contributed by atoms with Crippen LogP contribution >= 0.6 is 23.2 Å². The maximum Gasteiger partial charge on any atom is 0.326 e. The van der Waals surface area contributed by atoms with Gasteiger partial charge in [-0.25, -0.2) is 4.79 Å². The molecule has 2 N–H and O–H groups in total. The van der Waals surface area contributed by atoms with E-state index >= 15 is 0 Å². The molecule has 300 valence electrons. The Labute approximate surface area is 355 Å². The summed E-state index contributed by atoms with van der Waals surface area (Å²) in [6, 6.07) is 35.8. The lowest BCUT2D eigenvalue weighted by Crippen LogP contribution is -2.56. The van der Waals surface area contributed by atoms with Crippen molar-refractivity contribution in [3.63, 3.8) is 0 Å². The van der Waals surface area contributed by atoms with Gasteiger partial charge in [-0.15, -0.1) is 0 Å². The topological polar surface area (TPSA) is 151 Å². The molecule has 2 amide bonds. The quantitative estimate of drug-likeness (QED) is 0.131. The molecule has 0 aliphatic carbocycles. The minimum Gasteiger partial charge on any atom is -0.489 e. The number of fused-ring (bicyclic) bond motifs is 2. The number of nitrogens with one attached hydrogen (secondary N) is 1. The molecule has 0 saturated heterocycles. The molecule has 2 aliphatic rings. The molecule has 0 spiro atoms. The Morgan fingerprint density at radius 1 is 0.867 bits per heavy atom. The highest BCUT2D eigenvalue weighted by molar-refractivity contribution is 6.42. The molecule has 3 heterocycles. The van der Waals surface area contributed by atoms with Crippen LogP contribution in [0.3, 0.4) is 0 Å². The highest BCUT2D eigenvalue weighted by atomic mass is 35.5. The van der Waals surface area contributed by atoms with Crippen LogP contribution < -0.4 is 19.5 Å². The smallest absolute Gasteiger partial charge is 0.326 e. The number of hydrogen-bond acceptors (Lipinski definition) is 8. The van der Waals surface area contributed by atoms with E-state index in [4.69, 9.17) is 42.7 Å². The van der Waals surface area contributed by atoms with Crippen molar-refractivity contribution in [1.29, 1.82) is 5.26 Å². The summed E-state index contributed by atoms with van der Waals surface area (Å²) in [6.45, 7) is 0.597. The van der Waals surface area contributed by atoms with Crippen LogP contribution in [0.2, 0.25) is 10.0 Å². The SMILES string of the molecule is N#Cc1ccc(-c2ccc(C[C@H](NC(=O)C3Cc4cc5c(cc4CN3C(=O)c3ccccn3)O[C@@H](c3ccc(OCc4ccc(Cl)c(Cl)c4)cc3)CO5)C(=O)O)cc2)cc1. The van der Waals surface area contributed by atoms with Crippen LogP contribution in [0.25, 0.3) is 11.1 Å². The standard InChI is InChI=1S/C47H36Cl2N4O7/c48-37-17-8-30(19-38(37)49)26-58-36-15-13-33(14-16-36)44-27-59-42-22-34-21-41(53(25-35(34)23-43(42)60-44)46(55)39-3-1-2-18-51-39)45(54)52-40(47(56)57)20-28-4-9-31(10-5-28)32-11-6-29(24-50)7-12-32/h1-19,22-23,40-41,44H,20-21,25-27H2,(H,52,54)(H,56,57)/t40-,41?,44+/m0/s1. The van der Waals surface area contributed by atoms with E-state index in [1.807, 2.05) is 78.9 Å². The number of nitrogens with zero attached hydrogens (tertiary/aromatic N) is 3. The van der Waals surface area contributed by atoms with Crippen molar-refractivity contribution >= 4 is 41.0 Å². The Bertz CT molecular complexity index is 2600. The van der Waals surface area contributed by atoms with Gasteiger partial charge >= 0.3 is 5.97 Å². The molecular formula is C47H36Cl2N4O7. The molecule has 5 aromatic carbocycles. The maximum absolute atomic E-state index is 14.1. The molecule has 6 aromatic rings. The minimum absolute atomic E-state index is 0.0144. The van der Waals surface area contributed by atoms with E-state index in [-0.39, 0.29) is 31.7 Å². The van der Waals surface area contributed by atoms with Crippen molar-refractivity contribution < 1.29 is 33.7 Å². The molecule has 0 radical (unpaired) electrons. The van der Waals surface area contributed by atoms with Crippen LogP contribution in [0.1, 0.15) is 50.0 Å². The molecule has 60 heavy (non-hydrogen) atoms. The first-order valence-electron chi connectivity index (χ1n) is 19.1. The molecule has 8 rings (SSSR count). The zero-order valence-electron chi connectivity index (χ0n) is 31.9. The predicted molar refractivity (Wildman–Crippen MR) is 224 cm³/mol. The van der Waals surface area contributed by atoms with Crippen LogP contribution in [0.15, 0.2) is 128 Å². The summed E-state index contributed by atoms with van der Waals surface area (Å²) in [5.41, 5.74) is 6.49. The summed E-state index contributed by atoms with van der Waals surface area (Å²) in [7, 11) is 0. The number of carboxylic acid groups (broad SMARTS) is 1. The lowest BCUT2D eigenvalue weighted by Gasteiger charge is -2.37. The molecule has 13 heteroatoms. The number of carboxylic acids is 1. The zero-order chi connectivity index (χ0) is 41.8.